The van der Waals surface area contributed by atoms with Crippen LogP contribution in [0.4, 0.5) is 0 Å². The first-order valence-corrected chi connectivity index (χ1v) is 10.3. The second-order valence-electron chi connectivity index (χ2n) is 7.82. The molecule has 160 valence electrons. The summed E-state index contributed by atoms with van der Waals surface area (Å²) in [7, 11) is 0. The number of H-pyrrole nitrogens is 1. The summed E-state index contributed by atoms with van der Waals surface area (Å²) in [6.45, 7) is 4.15. The average molecular weight is 412 g/mol. The van der Waals surface area contributed by atoms with Gasteiger partial charge in [0.15, 0.2) is 0 Å². The highest BCUT2D eigenvalue weighted by molar-refractivity contribution is 5.98. The van der Waals surface area contributed by atoms with E-state index in [4.69, 9.17) is 0 Å². The standard InChI is InChI=1S/C22H28N4O4/c1-3-14(2)19(22(29)30)25-20(27)18-8-5-9-26(18)21(28)16-7-4-6-15(10-16)11-17-12-23-13-24-17/h4,6-7,10,12-14,18-19H,3,5,8-9,11H2,1-2H3,(H,23,24)(H,25,27)(H,29,30)/t14-,18-,19-/m0/s1. The van der Waals surface area contributed by atoms with E-state index in [0.717, 1.165) is 11.3 Å². The number of rotatable bonds is 8. The van der Waals surface area contributed by atoms with Crippen LogP contribution >= 0.6 is 0 Å². The molecule has 0 spiro atoms. The number of aliphatic carboxylic acids is 1. The number of amides is 2. The van der Waals surface area contributed by atoms with Gasteiger partial charge in [0.1, 0.15) is 12.1 Å². The Bertz CT molecular complexity index is 896. The molecule has 0 bridgehead atoms. The van der Waals surface area contributed by atoms with Crippen LogP contribution in [0.5, 0.6) is 0 Å². The maximum Gasteiger partial charge on any atom is 0.326 e. The fourth-order valence-corrected chi connectivity index (χ4v) is 3.80. The van der Waals surface area contributed by atoms with Gasteiger partial charge in [0.2, 0.25) is 5.91 Å². The minimum atomic E-state index is -1.06. The Kier molecular flexibility index (Phi) is 6.87. The van der Waals surface area contributed by atoms with E-state index in [1.165, 1.54) is 0 Å². The lowest BCUT2D eigenvalue weighted by molar-refractivity contribution is -0.143. The average Bonchev–Trinajstić information content (AvgIpc) is 3.42. The summed E-state index contributed by atoms with van der Waals surface area (Å²) in [6, 6.07) is 5.72. The molecule has 0 radical (unpaired) electrons. The summed E-state index contributed by atoms with van der Waals surface area (Å²) in [5.74, 6) is -1.87. The van der Waals surface area contributed by atoms with E-state index in [0.29, 0.717) is 37.8 Å². The number of likely N-dealkylation sites (tertiary alicyclic amines) is 1. The number of carboxylic acid groups (broad SMARTS) is 1. The van der Waals surface area contributed by atoms with Crippen LogP contribution in [0.15, 0.2) is 36.8 Å². The van der Waals surface area contributed by atoms with Gasteiger partial charge in [-0.3, -0.25) is 9.59 Å². The number of aromatic amines is 1. The molecule has 8 nitrogen and oxygen atoms in total. The van der Waals surface area contributed by atoms with Crippen molar-refractivity contribution < 1.29 is 19.5 Å². The van der Waals surface area contributed by atoms with Gasteiger partial charge in [-0.25, -0.2) is 9.78 Å². The molecule has 30 heavy (non-hydrogen) atoms. The van der Waals surface area contributed by atoms with Gasteiger partial charge in [-0.1, -0.05) is 32.4 Å². The smallest absolute Gasteiger partial charge is 0.326 e. The molecular formula is C22H28N4O4. The third kappa shape index (κ3) is 4.87. The number of nitrogens with zero attached hydrogens (tertiary/aromatic N) is 2. The third-order valence-corrected chi connectivity index (χ3v) is 5.72. The number of benzene rings is 1. The van der Waals surface area contributed by atoms with Crippen molar-refractivity contribution in [1.29, 1.82) is 0 Å². The quantitative estimate of drug-likeness (QED) is 0.615. The number of imidazole rings is 1. The Morgan fingerprint density at radius 1 is 1.37 bits per heavy atom. The van der Waals surface area contributed by atoms with Crippen molar-refractivity contribution >= 4 is 17.8 Å². The van der Waals surface area contributed by atoms with Crippen molar-refractivity contribution in [2.24, 2.45) is 5.92 Å². The van der Waals surface area contributed by atoms with Crippen LogP contribution in [0.25, 0.3) is 0 Å². The van der Waals surface area contributed by atoms with E-state index in [-0.39, 0.29) is 11.8 Å². The van der Waals surface area contributed by atoms with Gasteiger partial charge in [0, 0.05) is 30.4 Å². The molecule has 2 heterocycles. The second kappa shape index (κ2) is 9.56. The van der Waals surface area contributed by atoms with Gasteiger partial charge in [-0.2, -0.15) is 0 Å². The minimum absolute atomic E-state index is 0.198. The number of hydrogen-bond donors (Lipinski definition) is 3. The first-order chi connectivity index (χ1) is 14.4. The van der Waals surface area contributed by atoms with Crippen LogP contribution in [0.3, 0.4) is 0 Å². The summed E-state index contributed by atoms with van der Waals surface area (Å²) in [5.41, 5.74) is 2.43. The fourth-order valence-electron chi connectivity index (χ4n) is 3.80. The van der Waals surface area contributed by atoms with Crippen LogP contribution in [0.2, 0.25) is 0 Å². The second-order valence-corrected chi connectivity index (χ2v) is 7.82. The van der Waals surface area contributed by atoms with E-state index in [2.05, 4.69) is 15.3 Å². The molecule has 1 aliphatic rings. The van der Waals surface area contributed by atoms with Crippen molar-refractivity contribution in [1.82, 2.24) is 20.2 Å². The van der Waals surface area contributed by atoms with Gasteiger partial charge < -0.3 is 20.3 Å². The Labute approximate surface area is 175 Å². The van der Waals surface area contributed by atoms with Gasteiger partial charge in [-0.15, -0.1) is 0 Å². The molecule has 3 atom stereocenters. The van der Waals surface area contributed by atoms with Gasteiger partial charge in [-0.05, 0) is 36.5 Å². The first-order valence-electron chi connectivity index (χ1n) is 10.3. The van der Waals surface area contributed by atoms with E-state index < -0.39 is 24.0 Å². The van der Waals surface area contributed by atoms with Crippen molar-refractivity contribution in [3.8, 4) is 0 Å². The van der Waals surface area contributed by atoms with Crippen LogP contribution in [-0.2, 0) is 16.0 Å². The normalized spacial score (nSPS) is 18.1. The van der Waals surface area contributed by atoms with Gasteiger partial charge in [0.25, 0.3) is 5.91 Å². The largest absolute Gasteiger partial charge is 0.480 e. The Morgan fingerprint density at radius 2 is 2.17 bits per heavy atom. The topological polar surface area (TPSA) is 115 Å². The third-order valence-electron chi connectivity index (χ3n) is 5.72. The lowest BCUT2D eigenvalue weighted by atomic mass is 9.98. The minimum Gasteiger partial charge on any atom is -0.480 e. The van der Waals surface area contributed by atoms with Crippen LogP contribution in [-0.4, -0.2) is 56.4 Å². The molecule has 2 aromatic rings. The van der Waals surface area contributed by atoms with Crippen molar-refractivity contribution in [3.05, 3.63) is 53.6 Å². The zero-order chi connectivity index (χ0) is 21.7. The summed E-state index contributed by atoms with van der Waals surface area (Å²) >= 11 is 0. The molecule has 0 unspecified atom stereocenters. The van der Waals surface area contributed by atoms with Crippen LogP contribution < -0.4 is 5.32 Å². The highest BCUT2D eigenvalue weighted by Gasteiger charge is 2.37. The molecule has 2 amide bonds. The number of carbonyl (C=O) groups is 3. The summed E-state index contributed by atoms with van der Waals surface area (Å²) < 4.78 is 0. The highest BCUT2D eigenvalue weighted by Crippen LogP contribution is 2.22. The maximum absolute atomic E-state index is 13.1. The summed E-state index contributed by atoms with van der Waals surface area (Å²) in [5, 5.41) is 12.1. The molecular weight excluding hydrogens is 384 g/mol. The molecule has 3 N–H and O–H groups in total. The van der Waals surface area contributed by atoms with Gasteiger partial charge >= 0.3 is 5.97 Å². The molecule has 1 fully saturated rings. The summed E-state index contributed by atoms with van der Waals surface area (Å²) in [4.78, 5) is 46.1. The lowest BCUT2D eigenvalue weighted by Gasteiger charge is -2.27. The molecule has 1 aromatic carbocycles. The molecule has 1 aromatic heterocycles. The van der Waals surface area contributed by atoms with E-state index in [9.17, 15) is 19.5 Å². The monoisotopic (exact) mass is 412 g/mol. The molecule has 0 aliphatic carbocycles. The Hall–Kier alpha value is -3.16. The number of hydrogen-bond acceptors (Lipinski definition) is 4. The van der Waals surface area contributed by atoms with Crippen molar-refractivity contribution in [3.63, 3.8) is 0 Å². The Balaban J connectivity index is 1.72. The summed E-state index contributed by atoms with van der Waals surface area (Å²) in [6.07, 6.45) is 5.85. The van der Waals surface area contributed by atoms with Crippen molar-refractivity contribution in [2.75, 3.05) is 6.54 Å². The van der Waals surface area contributed by atoms with Gasteiger partial charge in [0.05, 0.1) is 6.33 Å². The van der Waals surface area contributed by atoms with E-state index >= 15 is 0 Å². The van der Waals surface area contributed by atoms with Crippen LogP contribution in [0, 0.1) is 5.92 Å². The number of carboxylic acids is 1. The highest BCUT2D eigenvalue weighted by atomic mass is 16.4. The molecule has 1 aliphatic heterocycles. The SMILES string of the molecule is CC[C@H](C)[C@H](NC(=O)[C@@H]1CCCN1C(=O)c1cccc(Cc2cnc[nH]2)c1)C(=O)O. The molecule has 1 saturated heterocycles. The predicted octanol–water partition coefficient (Wildman–Crippen LogP) is 2.22. The predicted molar refractivity (Wildman–Crippen MR) is 111 cm³/mol. The zero-order valence-electron chi connectivity index (χ0n) is 17.3. The van der Waals surface area contributed by atoms with Crippen LogP contribution in [0.1, 0.15) is 54.7 Å². The molecule has 3 rings (SSSR count). The number of nitrogens with one attached hydrogen (secondary N) is 2. The lowest BCUT2D eigenvalue weighted by Crippen LogP contribution is -2.52. The maximum atomic E-state index is 13.1. The molecule has 0 saturated carbocycles. The zero-order valence-corrected chi connectivity index (χ0v) is 17.3. The number of carbonyl (C=O) groups excluding carboxylic acids is 2. The Morgan fingerprint density at radius 3 is 2.83 bits per heavy atom. The van der Waals surface area contributed by atoms with E-state index in [1.807, 2.05) is 25.1 Å². The van der Waals surface area contributed by atoms with E-state index in [1.54, 1.807) is 30.4 Å². The van der Waals surface area contributed by atoms with Crippen molar-refractivity contribution in [2.45, 2.75) is 51.6 Å². The molecule has 8 heteroatoms. The number of aromatic nitrogens is 2. The first kappa shape index (κ1) is 21.5. The fraction of sp³-hybridized carbons (Fsp3) is 0.455.